The molecular formula is C10H21N. The first-order valence-electron chi connectivity index (χ1n) is 4.66. The van der Waals surface area contributed by atoms with Crippen molar-refractivity contribution in [1.82, 2.24) is 5.32 Å². The van der Waals surface area contributed by atoms with Crippen LogP contribution in [0.1, 0.15) is 33.6 Å². The second kappa shape index (κ2) is 5.22. The highest BCUT2D eigenvalue weighted by atomic mass is 14.9. The van der Waals surface area contributed by atoms with Gasteiger partial charge >= 0.3 is 0 Å². The molecule has 1 N–H and O–H groups in total. The van der Waals surface area contributed by atoms with Crippen molar-refractivity contribution in [3.8, 4) is 0 Å². The summed E-state index contributed by atoms with van der Waals surface area (Å²) in [5.74, 6) is 1.73. The van der Waals surface area contributed by atoms with Gasteiger partial charge in [0.25, 0.3) is 0 Å². The van der Waals surface area contributed by atoms with E-state index < -0.39 is 0 Å². The van der Waals surface area contributed by atoms with Crippen molar-refractivity contribution in [3.05, 3.63) is 12.3 Å². The molecule has 0 saturated heterocycles. The lowest BCUT2D eigenvalue weighted by Gasteiger charge is -2.00. The lowest BCUT2D eigenvalue weighted by Crippen LogP contribution is -2.06. The van der Waals surface area contributed by atoms with E-state index in [4.69, 9.17) is 0 Å². The zero-order chi connectivity index (χ0) is 8.85. The van der Waals surface area contributed by atoms with E-state index in [1.165, 1.54) is 18.5 Å². The lowest BCUT2D eigenvalue weighted by molar-refractivity contribution is 0.709. The van der Waals surface area contributed by atoms with Crippen molar-refractivity contribution in [2.75, 3.05) is 7.05 Å². The van der Waals surface area contributed by atoms with E-state index in [9.17, 15) is 0 Å². The molecule has 1 rings (SSSR count). The molecule has 0 amide bonds. The molecule has 0 aromatic carbocycles. The van der Waals surface area contributed by atoms with Crippen LogP contribution in [0, 0.1) is 11.8 Å². The minimum Gasteiger partial charge on any atom is -0.392 e. The van der Waals surface area contributed by atoms with Gasteiger partial charge in [0.15, 0.2) is 0 Å². The van der Waals surface area contributed by atoms with Gasteiger partial charge in [-0.25, -0.2) is 0 Å². The van der Waals surface area contributed by atoms with E-state index in [2.05, 4.69) is 18.8 Å². The molecule has 0 bridgehead atoms. The fourth-order valence-electron chi connectivity index (χ4n) is 1.31. The Hall–Kier alpha value is -0.460. The van der Waals surface area contributed by atoms with Gasteiger partial charge in [0.2, 0.25) is 0 Å². The Kier molecular flexibility index (Phi) is 5.01. The van der Waals surface area contributed by atoms with Crippen LogP contribution in [0.2, 0.25) is 0 Å². The van der Waals surface area contributed by atoms with Gasteiger partial charge in [-0.1, -0.05) is 33.8 Å². The van der Waals surface area contributed by atoms with E-state index in [-0.39, 0.29) is 0 Å². The summed E-state index contributed by atoms with van der Waals surface area (Å²) in [6.45, 7) is 10.2. The van der Waals surface area contributed by atoms with E-state index in [1.807, 2.05) is 20.9 Å². The first-order chi connectivity index (χ1) is 5.29. The summed E-state index contributed by atoms with van der Waals surface area (Å²) in [7, 11) is 1.95. The molecule has 2 atom stereocenters. The molecule has 0 aromatic rings. The van der Waals surface area contributed by atoms with Crippen LogP contribution in [0.5, 0.6) is 0 Å². The highest BCUT2D eigenvalue weighted by Gasteiger charge is 2.36. The second-order valence-corrected chi connectivity index (χ2v) is 2.79. The third kappa shape index (κ3) is 2.96. The molecule has 1 aliphatic rings. The van der Waals surface area contributed by atoms with Crippen LogP contribution in [-0.4, -0.2) is 7.05 Å². The molecule has 0 radical (unpaired) electrons. The maximum atomic E-state index is 3.92. The zero-order valence-corrected chi connectivity index (χ0v) is 8.28. The summed E-state index contributed by atoms with van der Waals surface area (Å²) >= 11 is 0. The Balaban J connectivity index is 0.000000461. The van der Waals surface area contributed by atoms with Gasteiger partial charge < -0.3 is 5.32 Å². The van der Waals surface area contributed by atoms with Crippen LogP contribution in [0.3, 0.4) is 0 Å². The molecule has 0 heterocycles. The molecule has 11 heavy (non-hydrogen) atoms. The van der Waals surface area contributed by atoms with E-state index in [0.717, 1.165) is 11.8 Å². The van der Waals surface area contributed by atoms with Crippen LogP contribution in [0.25, 0.3) is 0 Å². The van der Waals surface area contributed by atoms with Crippen LogP contribution < -0.4 is 5.32 Å². The fourth-order valence-corrected chi connectivity index (χ4v) is 1.31. The Morgan fingerprint density at radius 2 is 2.09 bits per heavy atom. The van der Waals surface area contributed by atoms with Crippen LogP contribution in [-0.2, 0) is 0 Å². The number of hydrogen-bond acceptors (Lipinski definition) is 1. The maximum Gasteiger partial charge on any atom is 0.00654 e. The molecule has 0 spiro atoms. The molecule has 0 aliphatic heterocycles. The highest BCUT2D eigenvalue weighted by molar-refractivity contribution is 5.08. The van der Waals surface area contributed by atoms with Crippen molar-refractivity contribution in [3.63, 3.8) is 0 Å². The molecule has 1 saturated carbocycles. The van der Waals surface area contributed by atoms with Crippen LogP contribution >= 0.6 is 0 Å². The Morgan fingerprint density at radius 3 is 2.36 bits per heavy atom. The van der Waals surface area contributed by atoms with Crippen molar-refractivity contribution in [1.29, 1.82) is 0 Å². The quantitative estimate of drug-likeness (QED) is 0.661. The number of nitrogens with one attached hydrogen (secondary N) is 1. The molecule has 1 heteroatoms. The molecule has 66 valence electrons. The summed E-state index contributed by atoms with van der Waals surface area (Å²) in [5, 5.41) is 3.10. The standard InChI is InChI=1S/C8H15N.C2H6/c1-4-7-5-8(7)6(2)9-3;1-2/h7-9H,2,4-5H2,1,3H3;1-2H3. The molecule has 2 unspecified atom stereocenters. The zero-order valence-electron chi connectivity index (χ0n) is 8.28. The van der Waals surface area contributed by atoms with Crippen molar-refractivity contribution in [2.24, 2.45) is 11.8 Å². The first-order valence-corrected chi connectivity index (χ1v) is 4.66. The van der Waals surface area contributed by atoms with E-state index in [1.54, 1.807) is 0 Å². The van der Waals surface area contributed by atoms with Gasteiger partial charge in [-0.3, -0.25) is 0 Å². The average Bonchev–Trinajstić information content (AvgIpc) is 2.85. The van der Waals surface area contributed by atoms with Gasteiger partial charge in [-0.2, -0.15) is 0 Å². The minimum atomic E-state index is 0.792. The predicted octanol–water partition coefficient (Wildman–Crippen LogP) is 2.79. The first kappa shape index (κ1) is 10.5. The van der Waals surface area contributed by atoms with Crippen molar-refractivity contribution >= 4 is 0 Å². The van der Waals surface area contributed by atoms with Gasteiger partial charge in [-0.05, 0) is 12.3 Å². The van der Waals surface area contributed by atoms with Crippen molar-refractivity contribution < 1.29 is 0 Å². The summed E-state index contributed by atoms with van der Waals surface area (Å²) < 4.78 is 0. The van der Waals surface area contributed by atoms with Gasteiger partial charge in [0.1, 0.15) is 0 Å². The molecular weight excluding hydrogens is 134 g/mol. The summed E-state index contributed by atoms with van der Waals surface area (Å²) in [6.07, 6.45) is 2.67. The largest absolute Gasteiger partial charge is 0.392 e. The van der Waals surface area contributed by atoms with E-state index >= 15 is 0 Å². The maximum absolute atomic E-state index is 3.92. The Morgan fingerprint density at radius 1 is 1.55 bits per heavy atom. The Labute approximate surface area is 70.9 Å². The van der Waals surface area contributed by atoms with Gasteiger partial charge in [-0.15, -0.1) is 0 Å². The number of allylic oxidation sites excluding steroid dienone is 1. The monoisotopic (exact) mass is 155 g/mol. The average molecular weight is 155 g/mol. The number of rotatable bonds is 3. The van der Waals surface area contributed by atoms with Crippen molar-refractivity contribution in [2.45, 2.75) is 33.6 Å². The normalized spacial score (nSPS) is 26.5. The summed E-state index contributed by atoms with van der Waals surface area (Å²) in [5.41, 5.74) is 1.22. The van der Waals surface area contributed by atoms with Crippen LogP contribution in [0.15, 0.2) is 12.3 Å². The van der Waals surface area contributed by atoms with Crippen LogP contribution in [0.4, 0.5) is 0 Å². The smallest absolute Gasteiger partial charge is 0.00654 e. The number of hydrogen-bond donors (Lipinski definition) is 1. The topological polar surface area (TPSA) is 12.0 Å². The summed E-state index contributed by atoms with van der Waals surface area (Å²) in [6, 6.07) is 0. The van der Waals surface area contributed by atoms with Gasteiger partial charge in [0.05, 0.1) is 0 Å². The fraction of sp³-hybridized carbons (Fsp3) is 0.800. The third-order valence-electron chi connectivity index (χ3n) is 2.22. The third-order valence-corrected chi connectivity index (χ3v) is 2.22. The predicted molar refractivity (Wildman–Crippen MR) is 51.4 cm³/mol. The van der Waals surface area contributed by atoms with E-state index in [0.29, 0.717) is 0 Å². The summed E-state index contributed by atoms with van der Waals surface area (Å²) in [4.78, 5) is 0. The molecule has 1 aliphatic carbocycles. The second-order valence-electron chi connectivity index (χ2n) is 2.79. The molecule has 1 fully saturated rings. The Bertz CT molecular complexity index is 118. The minimum absolute atomic E-state index is 0.792. The lowest BCUT2D eigenvalue weighted by atomic mass is 10.2. The molecule has 1 nitrogen and oxygen atoms in total. The SMILES string of the molecule is C=C(NC)C1CC1CC.CC. The van der Waals surface area contributed by atoms with Gasteiger partial charge in [0, 0.05) is 18.7 Å². The molecule has 0 aromatic heterocycles. The highest BCUT2D eigenvalue weighted by Crippen LogP contribution is 2.44.